The molecule has 0 bridgehead atoms. The van der Waals surface area contributed by atoms with E-state index in [0.29, 0.717) is 154 Å². The maximum Gasteiger partial charge on any atom is 0.251 e. The van der Waals surface area contributed by atoms with Crippen molar-refractivity contribution < 1.29 is 68.7 Å². The minimum atomic E-state index is -0.388. The van der Waals surface area contributed by atoms with E-state index in [1.54, 1.807) is 105 Å². The maximum absolute atomic E-state index is 12.9. The highest BCUT2D eigenvalue weighted by Gasteiger charge is 2.25. The zero-order chi connectivity index (χ0) is 95.4. The number of nitrogens with one attached hydrogen (secondary N) is 3. The van der Waals surface area contributed by atoms with E-state index < -0.39 is 0 Å². The molecule has 12 aromatic rings. The van der Waals surface area contributed by atoms with E-state index in [1.807, 2.05) is 101 Å². The number of aliphatic imine (C=N–C) groups is 3. The monoisotopic (exact) mass is 2010 g/mol. The Morgan fingerprint density at radius 1 is 0.459 bits per heavy atom. The molecular formula is C101H104BrCl2N9O14S6. The Bertz CT molecular complexity index is 6180. The van der Waals surface area contributed by atoms with Gasteiger partial charge in [0.1, 0.15) is 36.9 Å². The number of carbonyl (C=O) groups is 9. The Hall–Kier alpha value is -10.8. The van der Waals surface area contributed by atoms with Gasteiger partial charge in [-0.2, -0.15) is 0 Å². The molecule has 0 saturated carbocycles. The quantitative estimate of drug-likeness (QED) is 0.0127. The summed E-state index contributed by atoms with van der Waals surface area (Å²) < 4.78 is 0.960. The number of piperazine rings is 1. The number of hydrogen-bond acceptors (Lipinski definition) is 26. The van der Waals surface area contributed by atoms with E-state index in [9.17, 15) is 58.5 Å². The van der Waals surface area contributed by atoms with E-state index in [2.05, 4.69) is 84.7 Å². The fraction of sp³-hybridized carbons (Fsp3) is 0.287. The molecule has 10 N–H and O–H groups in total. The number of nitrogens with zero attached hydrogens (tertiary/aromatic N) is 5. The molecule has 133 heavy (non-hydrogen) atoms. The van der Waals surface area contributed by atoms with Crippen molar-refractivity contribution in [1.29, 1.82) is 0 Å². The number of primary amides is 1. The summed E-state index contributed by atoms with van der Waals surface area (Å²) in [4.78, 5) is 136. The molecule has 23 nitrogen and oxygen atoms in total. The first-order valence-corrected chi connectivity index (χ1v) is 49.7. The average molecular weight is 2010 g/mol. The van der Waals surface area contributed by atoms with Crippen LogP contribution in [0.15, 0.2) is 212 Å². The van der Waals surface area contributed by atoms with E-state index in [0.717, 1.165) is 109 Å². The molecule has 1 saturated heterocycles. The molecule has 694 valence electrons. The summed E-state index contributed by atoms with van der Waals surface area (Å²) >= 11 is 23.2. The number of thiophene rings is 6. The lowest BCUT2D eigenvalue weighted by atomic mass is 9.86. The summed E-state index contributed by atoms with van der Waals surface area (Å²) in [5.74, 6) is -1.04. The number of aromatic hydroxyl groups is 3. The van der Waals surface area contributed by atoms with Gasteiger partial charge in [0.2, 0.25) is 5.91 Å². The molecule has 0 radical (unpaired) electrons. The molecule has 3 amide bonds. The SMILES string of the molecule is CC(=NCC(=O)c1ccc(C(=O)CCc2ccc(C(=O)NCCN(CCO)CCO)cc2)s1)c1csc(-c2ccc(C(C)(C)C)cc2)c1O.CC(=NCC(=O)c1ccc(C(=O)CCc2ccc(C(=O)NCCN3CCNCC3)cc2)s1)c1csc(-c2ccc(Br)cc2)c1O.CC(=NCC(=O)c1ccc(C(=O)CCc2ccc(CC(N)=O)cc2)s1)c1csc(-c2ccc(Cl)c(Cl)c2)c1O. The molecule has 0 unspecified atom stereocenters. The summed E-state index contributed by atoms with van der Waals surface area (Å²) in [5, 5.41) is 66.2. The molecule has 1 aliphatic heterocycles. The number of carbonyl (C=O) groups excluding carboxylic acids is 9. The Kier molecular flexibility index (Phi) is 38.6. The third-order valence-electron chi connectivity index (χ3n) is 21.8. The lowest BCUT2D eigenvalue weighted by Gasteiger charge is -2.27. The molecule has 0 spiro atoms. The maximum atomic E-state index is 12.9. The van der Waals surface area contributed by atoms with Crippen LogP contribution in [0.25, 0.3) is 31.3 Å². The third kappa shape index (κ3) is 29.9. The van der Waals surface area contributed by atoms with Crippen LogP contribution in [-0.2, 0) is 35.9 Å². The first kappa shape index (κ1) is 103. The zero-order valence-corrected chi connectivity index (χ0v) is 82.3. The Morgan fingerprint density at radius 2 is 0.812 bits per heavy atom. The number of Topliss-reactive ketones (excluding diaryl/α,β-unsaturated/α-hetero) is 6. The van der Waals surface area contributed by atoms with Gasteiger partial charge in [-0.1, -0.05) is 151 Å². The Balaban J connectivity index is 0.000000193. The van der Waals surface area contributed by atoms with Gasteiger partial charge in [-0.15, -0.1) is 68.0 Å². The van der Waals surface area contributed by atoms with Crippen molar-refractivity contribution in [3.63, 3.8) is 0 Å². The van der Waals surface area contributed by atoms with Crippen molar-refractivity contribution in [3.8, 4) is 48.6 Å². The number of aryl methyl sites for hydroxylation is 3. The summed E-state index contributed by atoms with van der Waals surface area (Å²) in [6.07, 6.45) is 2.65. The smallest absolute Gasteiger partial charge is 0.251 e. The second-order valence-corrected chi connectivity index (χ2v) is 40.0. The van der Waals surface area contributed by atoms with Crippen LogP contribution >= 0.6 is 107 Å². The highest BCUT2D eigenvalue weighted by Crippen LogP contribution is 2.43. The molecular weight excluding hydrogens is 1910 g/mol. The van der Waals surface area contributed by atoms with Gasteiger partial charge in [0.15, 0.2) is 34.7 Å². The first-order valence-electron chi connectivity index (χ1n) is 43.1. The van der Waals surface area contributed by atoms with Gasteiger partial charge in [0, 0.05) is 150 Å². The lowest BCUT2D eigenvalue weighted by molar-refractivity contribution is -0.117. The number of rotatable bonds is 41. The minimum Gasteiger partial charge on any atom is -0.506 e. The molecule has 0 atom stereocenters. The van der Waals surface area contributed by atoms with Crippen LogP contribution in [-0.4, -0.2) is 203 Å². The van der Waals surface area contributed by atoms with Crippen LogP contribution in [0.3, 0.4) is 0 Å². The molecule has 1 aliphatic rings. The van der Waals surface area contributed by atoms with Crippen molar-refractivity contribution in [2.24, 2.45) is 20.7 Å². The van der Waals surface area contributed by atoms with Crippen LogP contribution in [0.1, 0.15) is 184 Å². The van der Waals surface area contributed by atoms with Gasteiger partial charge in [-0.05, 0) is 175 Å². The predicted molar refractivity (Wildman–Crippen MR) is 543 cm³/mol. The molecule has 32 heteroatoms. The summed E-state index contributed by atoms with van der Waals surface area (Å²) in [5.41, 5.74) is 17.3. The summed E-state index contributed by atoms with van der Waals surface area (Å²) in [6, 6.07) is 52.9. The van der Waals surface area contributed by atoms with Crippen LogP contribution in [0.5, 0.6) is 17.2 Å². The van der Waals surface area contributed by atoms with Gasteiger partial charge in [-0.25, -0.2) is 0 Å². The van der Waals surface area contributed by atoms with Crippen LogP contribution in [0.2, 0.25) is 10.0 Å². The van der Waals surface area contributed by atoms with Crippen LogP contribution < -0.4 is 21.7 Å². The van der Waals surface area contributed by atoms with E-state index >= 15 is 0 Å². The van der Waals surface area contributed by atoms with Crippen molar-refractivity contribution in [2.45, 2.75) is 91.9 Å². The number of amides is 3. The van der Waals surface area contributed by atoms with Crippen molar-refractivity contribution in [3.05, 3.63) is 291 Å². The molecule has 0 aliphatic carbocycles. The Labute approximate surface area is 815 Å². The van der Waals surface area contributed by atoms with Gasteiger partial charge < -0.3 is 47.2 Å². The normalized spacial score (nSPS) is 12.5. The number of nitrogens with two attached hydrogens (primary N) is 1. The van der Waals surface area contributed by atoms with E-state index in [4.69, 9.17) is 39.1 Å². The number of aliphatic hydroxyl groups is 2. The minimum absolute atomic E-state index is 0.0165. The van der Waals surface area contributed by atoms with Crippen molar-refractivity contribution >= 4 is 177 Å². The molecule has 1 fully saturated rings. The largest absolute Gasteiger partial charge is 0.506 e. The zero-order valence-electron chi connectivity index (χ0n) is 74.3. The molecule has 7 heterocycles. The average Bonchev–Trinajstić information content (AvgIpc) is 1.64. The van der Waals surface area contributed by atoms with Gasteiger partial charge >= 0.3 is 0 Å². The van der Waals surface area contributed by atoms with E-state index in [1.165, 1.54) is 50.9 Å². The summed E-state index contributed by atoms with van der Waals surface area (Å²) in [7, 11) is 0. The number of halogens is 3. The Morgan fingerprint density at radius 3 is 1.19 bits per heavy atom. The lowest BCUT2D eigenvalue weighted by Crippen LogP contribution is -2.46. The molecule has 6 aromatic heterocycles. The standard InChI is InChI=1S/C38H45N3O6S2.C34H35BrN4O4S2.C29H24Cl2N2O4S2/c1-25(30-24-48-36(35(30)46)27-10-12-29(13-11-27)38(2,3)4)40-23-32(45)34-16-15-33(49-34)31(44)14-7-26-5-8-28(9-6-26)37(47)39-17-18-41(19-21-42)20-22-43;1-22(27-21-44-33(32(27)42)24-7-9-26(35)10-8-24)38-20-29(41)31-13-12-30(45-31)28(40)11-4-23-2-5-25(6-3-23)34(43)37-16-19-39-17-14-36-15-18-39;1-16(20-15-38-29(28(20)37)19-7-8-21(30)22(31)13-19)33-14-24(35)26-11-10-25(39-26)23(34)9-6-17-2-4-18(5-3-17)12-27(32)36/h5-6,8-13,15-16,24,42-43,46H,7,14,17-23H2,1-4H3,(H,39,47);2-3,5-10,12-13,21,36,42H,4,11,14-20H2,1H3,(H,37,43);2-5,7-8,10-11,13,15,37H,6,9,12,14H2,1H3,(H2,32,36). The topological polar surface area (TPSA) is 360 Å². The summed E-state index contributed by atoms with van der Waals surface area (Å²) in [6.45, 7) is 18.6. The fourth-order valence-corrected chi connectivity index (χ4v) is 20.3. The highest BCUT2D eigenvalue weighted by atomic mass is 79.9. The number of benzene rings is 6. The van der Waals surface area contributed by atoms with Crippen molar-refractivity contribution in [2.75, 3.05) is 98.3 Å². The number of aliphatic hydroxyl groups excluding tert-OH is 2. The predicted octanol–water partition coefficient (Wildman–Crippen LogP) is 19.1. The van der Waals surface area contributed by atoms with Crippen LogP contribution in [0.4, 0.5) is 0 Å². The van der Waals surface area contributed by atoms with Gasteiger partial charge in [0.25, 0.3) is 11.8 Å². The third-order valence-corrected chi connectivity index (χ3v) is 29.7. The fourth-order valence-electron chi connectivity index (χ4n) is 14.0. The van der Waals surface area contributed by atoms with Gasteiger partial charge in [-0.3, -0.25) is 67.9 Å². The number of ketones is 6. The second-order valence-electron chi connectivity index (χ2n) is 32.4. The molecule has 6 aromatic carbocycles. The highest BCUT2D eigenvalue weighted by molar-refractivity contribution is 9.10. The second kappa shape index (κ2) is 50.0. The molecule has 13 rings (SSSR count). The van der Waals surface area contributed by atoms with Crippen LogP contribution in [0, 0.1) is 0 Å². The van der Waals surface area contributed by atoms with Gasteiger partial charge in [0.05, 0.1) is 73.6 Å². The van der Waals surface area contributed by atoms with E-state index in [-0.39, 0.29) is 121 Å². The van der Waals surface area contributed by atoms with Crippen molar-refractivity contribution in [1.82, 2.24) is 25.8 Å². The number of hydrogen-bond donors (Lipinski definition) is 9. The first-order chi connectivity index (χ1) is 63.8.